The maximum absolute atomic E-state index is 14.0. The summed E-state index contributed by atoms with van der Waals surface area (Å²) in [6, 6.07) is 11.0. The van der Waals surface area contributed by atoms with Gasteiger partial charge in [-0.2, -0.15) is 0 Å². The van der Waals surface area contributed by atoms with Gasteiger partial charge < -0.3 is 15.4 Å². The summed E-state index contributed by atoms with van der Waals surface area (Å²) in [5.74, 6) is 0.508. The minimum Gasteiger partial charge on any atom is -0.487 e. The summed E-state index contributed by atoms with van der Waals surface area (Å²) >= 11 is 8.65. The summed E-state index contributed by atoms with van der Waals surface area (Å²) in [5.41, 5.74) is 2.24. The molecule has 3 nitrogen and oxygen atoms in total. The van der Waals surface area contributed by atoms with E-state index in [2.05, 4.69) is 52.5 Å². The molecule has 1 aliphatic rings. The molecule has 0 saturated heterocycles. The van der Waals surface area contributed by atoms with Crippen molar-refractivity contribution < 1.29 is 9.13 Å². The van der Waals surface area contributed by atoms with E-state index in [1.165, 1.54) is 6.07 Å². The Kier molecular flexibility index (Phi) is 5.02. The van der Waals surface area contributed by atoms with Crippen LogP contribution in [0, 0.1) is 12.7 Å². The Morgan fingerprint density at radius 3 is 2.76 bits per heavy atom. The summed E-state index contributed by atoms with van der Waals surface area (Å²) in [6.45, 7) is 6.14. The predicted molar refractivity (Wildman–Crippen MR) is 107 cm³/mol. The minimum absolute atomic E-state index is 0.00198. The van der Waals surface area contributed by atoms with Crippen LogP contribution in [-0.4, -0.2) is 10.7 Å². The smallest absolute Gasteiger partial charge is 0.171 e. The fourth-order valence-electron chi connectivity index (χ4n) is 2.99. The van der Waals surface area contributed by atoms with E-state index in [0.717, 1.165) is 23.3 Å². The van der Waals surface area contributed by atoms with Crippen LogP contribution in [0.4, 0.5) is 10.1 Å². The van der Waals surface area contributed by atoms with Gasteiger partial charge in [0.2, 0.25) is 0 Å². The summed E-state index contributed by atoms with van der Waals surface area (Å²) in [5, 5.41) is 6.63. The molecule has 0 aromatic heterocycles. The molecule has 0 radical (unpaired) electrons. The Morgan fingerprint density at radius 2 is 2.04 bits per heavy atom. The van der Waals surface area contributed by atoms with Gasteiger partial charge in [0.1, 0.15) is 17.2 Å². The summed E-state index contributed by atoms with van der Waals surface area (Å²) in [4.78, 5) is 0. The van der Waals surface area contributed by atoms with Crippen LogP contribution in [0.1, 0.15) is 37.4 Å². The number of ether oxygens (including phenoxy) is 1. The van der Waals surface area contributed by atoms with Crippen LogP contribution in [0.5, 0.6) is 5.75 Å². The first kappa shape index (κ1) is 18.1. The predicted octanol–water partition coefficient (Wildman–Crippen LogP) is 5.49. The third-order valence-electron chi connectivity index (χ3n) is 4.11. The molecule has 132 valence electrons. The van der Waals surface area contributed by atoms with Crippen LogP contribution in [-0.2, 0) is 0 Å². The molecular formula is C19H20BrFN2OS. The second-order valence-electron chi connectivity index (χ2n) is 6.88. The Labute approximate surface area is 161 Å². The summed E-state index contributed by atoms with van der Waals surface area (Å²) in [7, 11) is 0. The van der Waals surface area contributed by atoms with Crippen molar-refractivity contribution >= 4 is 38.9 Å². The number of hydrogen-bond acceptors (Lipinski definition) is 2. The highest BCUT2D eigenvalue weighted by atomic mass is 79.9. The summed E-state index contributed by atoms with van der Waals surface area (Å²) < 4.78 is 20.8. The Balaban J connectivity index is 1.79. The minimum atomic E-state index is -0.359. The largest absolute Gasteiger partial charge is 0.487 e. The molecular weight excluding hydrogens is 403 g/mol. The van der Waals surface area contributed by atoms with E-state index in [9.17, 15) is 4.39 Å². The van der Waals surface area contributed by atoms with E-state index in [4.69, 9.17) is 17.0 Å². The lowest BCUT2D eigenvalue weighted by Crippen LogP contribution is -2.42. The van der Waals surface area contributed by atoms with Gasteiger partial charge in [-0.1, -0.05) is 28.1 Å². The zero-order valence-electron chi connectivity index (χ0n) is 14.3. The number of aryl methyl sites for hydroxylation is 1. The van der Waals surface area contributed by atoms with Gasteiger partial charge in [0, 0.05) is 16.5 Å². The lowest BCUT2D eigenvalue weighted by molar-refractivity contribution is 0.0696. The molecule has 0 amide bonds. The second-order valence-corrected chi connectivity index (χ2v) is 8.21. The standard InChI is InChI=1S/C19H20BrFN2OS/c1-11-4-6-13-16(10-19(2,3)24-17(13)8-11)23-18(25)22-15-7-5-12(20)9-14(15)21/h4-9,16H,10H2,1-3H3,(H2,22,23,25)/t16-/m1/s1. The maximum Gasteiger partial charge on any atom is 0.171 e. The van der Waals surface area contributed by atoms with E-state index in [0.29, 0.717) is 15.3 Å². The van der Waals surface area contributed by atoms with Crippen LogP contribution in [0.2, 0.25) is 0 Å². The molecule has 0 unspecified atom stereocenters. The van der Waals surface area contributed by atoms with Gasteiger partial charge in [-0.25, -0.2) is 4.39 Å². The quantitative estimate of drug-likeness (QED) is 0.627. The van der Waals surface area contributed by atoms with Crippen molar-refractivity contribution in [1.29, 1.82) is 0 Å². The number of benzene rings is 2. The molecule has 0 spiro atoms. The van der Waals surface area contributed by atoms with Crippen molar-refractivity contribution in [2.45, 2.75) is 38.8 Å². The fourth-order valence-corrected chi connectivity index (χ4v) is 3.58. The van der Waals surface area contributed by atoms with Gasteiger partial charge >= 0.3 is 0 Å². The van der Waals surface area contributed by atoms with Crippen molar-refractivity contribution in [2.24, 2.45) is 0 Å². The molecule has 2 N–H and O–H groups in total. The fraction of sp³-hybridized carbons (Fsp3) is 0.316. The SMILES string of the molecule is Cc1ccc2c(c1)OC(C)(C)C[C@H]2NC(=S)Nc1ccc(Br)cc1F. The normalized spacial score (nSPS) is 18.0. The highest BCUT2D eigenvalue weighted by Gasteiger charge is 2.34. The van der Waals surface area contributed by atoms with Crippen molar-refractivity contribution in [3.63, 3.8) is 0 Å². The number of thiocarbonyl (C=S) groups is 1. The second kappa shape index (κ2) is 6.92. The van der Waals surface area contributed by atoms with Crippen LogP contribution in [0.15, 0.2) is 40.9 Å². The van der Waals surface area contributed by atoms with Crippen LogP contribution < -0.4 is 15.4 Å². The molecule has 1 heterocycles. The van der Waals surface area contributed by atoms with E-state index in [1.807, 2.05) is 13.0 Å². The van der Waals surface area contributed by atoms with E-state index in [1.54, 1.807) is 12.1 Å². The molecule has 6 heteroatoms. The van der Waals surface area contributed by atoms with Crippen LogP contribution in [0.25, 0.3) is 0 Å². The number of rotatable bonds is 2. The number of hydrogen-bond donors (Lipinski definition) is 2. The number of fused-ring (bicyclic) bond motifs is 1. The zero-order valence-corrected chi connectivity index (χ0v) is 16.7. The highest BCUT2D eigenvalue weighted by Crippen LogP contribution is 2.39. The molecule has 25 heavy (non-hydrogen) atoms. The summed E-state index contributed by atoms with van der Waals surface area (Å²) in [6.07, 6.45) is 0.758. The van der Waals surface area contributed by atoms with Crippen LogP contribution >= 0.6 is 28.1 Å². The van der Waals surface area contributed by atoms with Gasteiger partial charge in [0.05, 0.1) is 11.7 Å². The number of anilines is 1. The average Bonchev–Trinajstić information content (AvgIpc) is 2.48. The monoisotopic (exact) mass is 422 g/mol. The van der Waals surface area contributed by atoms with Gasteiger partial charge in [-0.05, 0) is 62.8 Å². The third kappa shape index (κ3) is 4.30. The van der Waals surface area contributed by atoms with E-state index >= 15 is 0 Å². The van der Waals surface area contributed by atoms with E-state index < -0.39 is 0 Å². The van der Waals surface area contributed by atoms with Gasteiger partial charge in [0.25, 0.3) is 0 Å². The number of nitrogens with one attached hydrogen (secondary N) is 2. The number of halogens is 2. The zero-order chi connectivity index (χ0) is 18.2. The molecule has 0 bridgehead atoms. The molecule has 0 fully saturated rings. The molecule has 0 aliphatic carbocycles. The molecule has 1 atom stereocenters. The van der Waals surface area contributed by atoms with Crippen LogP contribution in [0.3, 0.4) is 0 Å². The van der Waals surface area contributed by atoms with Gasteiger partial charge in [-0.15, -0.1) is 0 Å². The first-order chi connectivity index (χ1) is 11.7. The molecule has 2 aromatic rings. The molecule has 2 aromatic carbocycles. The maximum atomic E-state index is 14.0. The lowest BCUT2D eigenvalue weighted by Gasteiger charge is -2.38. The topological polar surface area (TPSA) is 33.3 Å². The average molecular weight is 423 g/mol. The van der Waals surface area contributed by atoms with E-state index in [-0.39, 0.29) is 17.5 Å². The van der Waals surface area contributed by atoms with Gasteiger partial charge in [0.15, 0.2) is 5.11 Å². The first-order valence-electron chi connectivity index (χ1n) is 8.06. The molecule has 1 aliphatic heterocycles. The molecule has 0 saturated carbocycles. The molecule has 3 rings (SSSR count). The van der Waals surface area contributed by atoms with Crippen molar-refractivity contribution in [3.05, 3.63) is 57.8 Å². The highest BCUT2D eigenvalue weighted by molar-refractivity contribution is 9.10. The van der Waals surface area contributed by atoms with Crippen molar-refractivity contribution in [1.82, 2.24) is 5.32 Å². The first-order valence-corrected chi connectivity index (χ1v) is 9.26. The lowest BCUT2D eigenvalue weighted by atomic mass is 9.89. The Morgan fingerprint density at radius 1 is 1.28 bits per heavy atom. The third-order valence-corrected chi connectivity index (χ3v) is 4.82. The Hall–Kier alpha value is -1.66. The Bertz CT molecular complexity index is 825. The van der Waals surface area contributed by atoms with Gasteiger partial charge in [-0.3, -0.25) is 0 Å². The van der Waals surface area contributed by atoms with Crippen molar-refractivity contribution in [2.75, 3.05) is 5.32 Å². The van der Waals surface area contributed by atoms with Crippen molar-refractivity contribution in [3.8, 4) is 5.75 Å².